The summed E-state index contributed by atoms with van der Waals surface area (Å²) in [4.78, 5) is 7.05. The van der Waals surface area contributed by atoms with E-state index in [1.807, 2.05) is 18.2 Å². The molecule has 0 spiro atoms. The van der Waals surface area contributed by atoms with Crippen molar-refractivity contribution in [2.24, 2.45) is 4.99 Å². The average Bonchev–Trinajstić information content (AvgIpc) is 2.66. The number of methoxy groups -OCH3 is 2. The Morgan fingerprint density at radius 3 is 2.54 bits per heavy atom. The van der Waals surface area contributed by atoms with Crippen molar-refractivity contribution in [2.75, 3.05) is 60.2 Å². The molecule has 148 valence electrons. The van der Waals surface area contributed by atoms with E-state index >= 15 is 0 Å². The summed E-state index contributed by atoms with van der Waals surface area (Å²) in [6, 6.07) is 5.87. The summed E-state index contributed by atoms with van der Waals surface area (Å²) in [6.45, 7) is 8.98. The van der Waals surface area contributed by atoms with Gasteiger partial charge in [-0.2, -0.15) is 0 Å². The van der Waals surface area contributed by atoms with E-state index in [4.69, 9.17) is 14.2 Å². The molecule has 2 N–H and O–H groups in total. The number of benzene rings is 1. The smallest absolute Gasteiger partial charge is 0.191 e. The van der Waals surface area contributed by atoms with Crippen molar-refractivity contribution in [1.29, 1.82) is 0 Å². The number of nitrogens with one attached hydrogen (secondary N) is 2. The van der Waals surface area contributed by atoms with Crippen molar-refractivity contribution in [1.82, 2.24) is 15.5 Å². The molecule has 0 unspecified atom stereocenters. The molecule has 1 aromatic rings. The molecule has 1 fully saturated rings. The van der Waals surface area contributed by atoms with Gasteiger partial charge < -0.3 is 24.8 Å². The maximum absolute atomic E-state index is 5.37. The molecule has 1 heterocycles. The molecule has 2 rings (SSSR count). The molecular formula is C18H31IN4O3. The predicted octanol–water partition coefficient (Wildman–Crippen LogP) is 1.71. The Balaban J connectivity index is 0.00000338. The highest BCUT2D eigenvalue weighted by molar-refractivity contribution is 14.0. The molecule has 1 aliphatic rings. The second-order valence-corrected chi connectivity index (χ2v) is 5.77. The van der Waals surface area contributed by atoms with Gasteiger partial charge in [0.2, 0.25) is 0 Å². The van der Waals surface area contributed by atoms with Crippen LogP contribution in [0.25, 0.3) is 0 Å². The van der Waals surface area contributed by atoms with Crippen LogP contribution in [0.2, 0.25) is 0 Å². The Kier molecular flexibility index (Phi) is 11.4. The summed E-state index contributed by atoms with van der Waals surface area (Å²) in [5.41, 5.74) is 1.07. The van der Waals surface area contributed by atoms with Crippen LogP contribution in [-0.2, 0) is 11.3 Å². The van der Waals surface area contributed by atoms with Gasteiger partial charge in [0.1, 0.15) is 0 Å². The Morgan fingerprint density at radius 2 is 1.88 bits per heavy atom. The minimum Gasteiger partial charge on any atom is -0.493 e. The lowest BCUT2D eigenvalue weighted by molar-refractivity contribution is 0.0389. The lowest BCUT2D eigenvalue weighted by Crippen LogP contribution is -2.44. The van der Waals surface area contributed by atoms with E-state index in [9.17, 15) is 0 Å². The molecule has 0 radical (unpaired) electrons. The molecule has 0 amide bonds. The van der Waals surface area contributed by atoms with Gasteiger partial charge in [0.05, 0.1) is 34.0 Å². The Bertz CT molecular complexity index is 551. The van der Waals surface area contributed by atoms with Crippen molar-refractivity contribution in [3.63, 3.8) is 0 Å². The first kappa shape index (κ1) is 22.8. The lowest BCUT2D eigenvalue weighted by Gasteiger charge is -2.26. The van der Waals surface area contributed by atoms with Gasteiger partial charge in [0, 0.05) is 32.7 Å². The summed E-state index contributed by atoms with van der Waals surface area (Å²) in [5.74, 6) is 2.27. The number of ether oxygens (including phenoxy) is 3. The minimum atomic E-state index is 0. The van der Waals surface area contributed by atoms with Gasteiger partial charge in [-0.05, 0) is 24.6 Å². The Morgan fingerprint density at radius 1 is 1.15 bits per heavy atom. The van der Waals surface area contributed by atoms with Crippen LogP contribution in [0.4, 0.5) is 0 Å². The predicted molar refractivity (Wildman–Crippen MR) is 115 cm³/mol. The van der Waals surface area contributed by atoms with E-state index in [-0.39, 0.29) is 24.0 Å². The maximum atomic E-state index is 5.37. The van der Waals surface area contributed by atoms with Gasteiger partial charge in [0.25, 0.3) is 0 Å². The van der Waals surface area contributed by atoms with E-state index in [0.717, 1.165) is 69.0 Å². The number of morpholine rings is 1. The van der Waals surface area contributed by atoms with Crippen LogP contribution >= 0.6 is 24.0 Å². The largest absolute Gasteiger partial charge is 0.493 e. The number of hydrogen-bond donors (Lipinski definition) is 2. The van der Waals surface area contributed by atoms with Gasteiger partial charge in [-0.15, -0.1) is 24.0 Å². The lowest BCUT2D eigenvalue weighted by atomic mass is 10.2. The van der Waals surface area contributed by atoms with Crippen molar-refractivity contribution < 1.29 is 14.2 Å². The molecular weight excluding hydrogens is 447 g/mol. The van der Waals surface area contributed by atoms with E-state index in [1.54, 1.807) is 14.2 Å². The van der Waals surface area contributed by atoms with Crippen molar-refractivity contribution >= 4 is 29.9 Å². The minimum absolute atomic E-state index is 0. The zero-order chi connectivity index (χ0) is 17.9. The van der Waals surface area contributed by atoms with E-state index in [2.05, 4.69) is 27.4 Å². The zero-order valence-corrected chi connectivity index (χ0v) is 18.2. The quantitative estimate of drug-likeness (QED) is 0.337. The highest BCUT2D eigenvalue weighted by Crippen LogP contribution is 2.27. The number of aliphatic imine (C=N–C) groups is 1. The van der Waals surface area contributed by atoms with Crippen LogP contribution in [0.1, 0.15) is 12.5 Å². The molecule has 26 heavy (non-hydrogen) atoms. The molecule has 1 aliphatic heterocycles. The van der Waals surface area contributed by atoms with E-state index < -0.39 is 0 Å². The fourth-order valence-electron chi connectivity index (χ4n) is 2.65. The molecule has 0 aromatic heterocycles. The summed E-state index contributed by atoms with van der Waals surface area (Å²) < 4.78 is 16.0. The first-order chi connectivity index (χ1) is 12.3. The maximum Gasteiger partial charge on any atom is 0.191 e. The fraction of sp³-hybridized carbons (Fsp3) is 0.611. The van der Waals surface area contributed by atoms with Crippen LogP contribution in [0.3, 0.4) is 0 Å². The molecule has 0 bridgehead atoms. The van der Waals surface area contributed by atoms with Gasteiger partial charge in [-0.3, -0.25) is 4.90 Å². The third-order valence-corrected chi connectivity index (χ3v) is 4.04. The van der Waals surface area contributed by atoms with Crippen molar-refractivity contribution in [3.05, 3.63) is 23.8 Å². The number of nitrogens with zero attached hydrogens (tertiary/aromatic N) is 2. The third-order valence-electron chi connectivity index (χ3n) is 4.04. The van der Waals surface area contributed by atoms with Gasteiger partial charge in [-0.1, -0.05) is 6.07 Å². The summed E-state index contributed by atoms with van der Waals surface area (Å²) in [7, 11) is 3.28. The molecule has 7 nitrogen and oxygen atoms in total. The summed E-state index contributed by atoms with van der Waals surface area (Å²) in [5, 5.41) is 6.67. The monoisotopic (exact) mass is 478 g/mol. The van der Waals surface area contributed by atoms with Crippen LogP contribution in [0.5, 0.6) is 11.5 Å². The average molecular weight is 478 g/mol. The van der Waals surface area contributed by atoms with Crippen molar-refractivity contribution in [2.45, 2.75) is 13.5 Å². The van der Waals surface area contributed by atoms with Crippen LogP contribution in [-0.4, -0.2) is 71.0 Å². The highest BCUT2D eigenvalue weighted by Gasteiger charge is 2.09. The first-order valence-corrected chi connectivity index (χ1v) is 8.80. The zero-order valence-electron chi connectivity index (χ0n) is 15.9. The second-order valence-electron chi connectivity index (χ2n) is 5.77. The molecule has 1 aromatic carbocycles. The van der Waals surface area contributed by atoms with Gasteiger partial charge in [0.15, 0.2) is 17.5 Å². The van der Waals surface area contributed by atoms with E-state index in [0.29, 0.717) is 6.54 Å². The SMILES string of the molecule is CCNC(=NCc1ccc(OC)c(OC)c1)NCCN1CCOCC1.I. The third kappa shape index (κ3) is 7.55. The number of guanidine groups is 1. The highest BCUT2D eigenvalue weighted by atomic mass is 127. The number of halogens is 1. The van der Waals surface area contributed by atoms with E-state index in [1.165, 1.54) is 0 Å². The summed E-state index contributed by atoms with van der Waals surface area (Å²) >= 11 is 0. The summed E-state index contributed by atoms with van der Waals surface area (Å²) in [6.07, 6.45) is 0. The van der Waals surface area contributed by atoms with Gasteiger partial charge >= 0.3 is 0 Å². The fourth-order valence-corrected chi connectivity index (χ4v) is 2.65. The molecule has 8 heteroatoms. The second kappa shape index (κ2) is 13.0. The molecule has 0 aliphatic carbocycles. The standard InChI is InChI=1S/C18H30N4O3.HI/c1-4-19-18(20-7-8-22-9-11-25-12-10-22)21-14-15-5-6-16(23-2)17(13-15)24-3;/h5-6,13H,4,7-12,14H2,1-3H3,(H2,19,20,21);1H. The van der Waals surface area contributed by atoms with Crippen molar-refractivity contribution in [3.8, 4) is 11.5 Å². The topological polar surface area (TPSA) is 67.4 Å². The number of rotatable bonds is 8. The normalized spacial score (nSPS) is 15.1. The van der Waals surface area contributed by atoms with Crippen LogP contribution in [0.15, 0.2) is 23.2 Å². The van der Waals surface area contributed by atoms with Crippen LogP contribution < -0.4 is 20.1 Å². The number of hydrogen-bond acceptors (Lipinski definition) is 5. The molecule has 0 atom stereocenters. The molecule has 0 saturated carbocycles. The van der Waals surface area contributed by atoms with Gasteiger partial charge in [-0.25, -0.2) is 4.99 Å². The first-order valence-electron chi connectivity index (χ1n) is 8.80. The van der Waals surface area contributed by atoms with Crippen LogP contribution in [0, 0.1) is 0 Å². The molecule has 1 saturated heterocycles. The Hall–Kier alpha value is -1.26. The Labute approximate surface area is 173 Å².